The summed E-state index contributed by atoms with van der Waals surface area (Å²) >= 11 is 5.29. The molecule has 0 bridgehead atoms. The highest BCUT2D eigenvalue weighted by molar-refractivity contribution is 9.11. The first-order valence-electron chi connectivity index (χ1n) is 8.72. The Labute approximate surface area is 165 Å². The highest BCUT2D eigenvalue weighted by Gasteiger charge is 2.24. The smallest absolute Gasteiger partial charge is 0.255 e. The lowest BCUT2D eigenvalue weighted by Gasteiger charge is -2.34. The Hall–Kier alpha value is -1.76. The fourth-order valence-corrected chi connectivity index (χ4v) is 4.89. The number of para-hydroxylation sites is 1. The quantitative estimate of drug-likeness (QED) is 0.621. The molecule has 6 heteroatoms. The number of thiophene rings is 1. The van der Waals surface area contributed by atoms with E-state index >= 15 is 0 Å². The van der Waals surface area contributed by atoms with E-state index in [-0.39, 0.29) is 5.91 Å². The molecule has 1 aliphatic heterocycles. The number of carbonyl (C=O) groups is 1. The number of rotatable bonds is 3. The molecule has 1 amide bonds. The Kier molecular flexibility index (Phi) is 5.07. The predicted octanol–water partition coefficient (Wildman–Crippen LogP) is 4.33. The maximum Gasteiger partial charge on any atom is 0.255 e. The molecule has 4 nitrogen and oxygen atoms in total. The molecule has 26 heavy (non-hydrogen) atoms. The average Bonchev–Trinajstić information content (AvgIpc) is 3.06. The fraction of sp³-hybridized carbons (Fsp3) is 0.300. The molecule has 1 aliphatic rings. The first kappa shape index (κ1) is 17.6. The standard InChI is InChI=1S/C20H20BrN3OS/c1-14-17(12-15-4-2-3-5-18(15)22-14)20(25)24-10-8-23(9-11-24)13-16-6-7-19(21)26-16/h2-7,12H,8-11,13H2,1H3. The van der Waals surface area contributed by atoms with Crippen molar-refractivity contribution in [3.05, 3.63) is 62.4 Å². The van der Waals surface area contributed by atoms with Crippen molar-refractivity contribution < 1.29 is 4.79 Å². The number of hydrogen-bond donors (Lipinski definition) is 0. The predicted molar refractivity (Wildman–Crippen MR) is 110 cm³/mol. The van der Waals surface area contributed by atoms with Gasteiger partial charge in [0.15, 0.2) is 0 Å². The van der Waals surface area contributed by atoms with Gasteiger partial charge in [0.2, 0.25) is 0 Å². The highest BCUT2D eigenvalue weighted by Crippen LogP contribution is 2.24. The maximum absolute atomic E-state index is 13.0. The van der Waals surface area contributed by atoms with E-state index in [0.29, 0.717) is 0 Å². The third kappa shape index (κ3) is 3.68. The molecule has 3 aromatic rings. The van der Waals surface area contributed by atoms with Crippen molar-refractivity contribution in [3.63, 3.8) is 0 Å². The zero-order valence-corrected chi connectivity index (χ0v) is 17.0. The summed E-state index contributed by atoms with van der Waals surface area (Å²) in [7, 11) is 0. The van der Waals surface area contributed by atoms with Crippen LogP contribution in [0.2, 0.25) is 0 Å². The van der Waals surface area contributed by atoms with E-state index in [9.17, 15) is 4.79 Å². The Morgan fingerprint density at radius 3 is 2.65 bits per heavy atom. The van der Waals surface area contributed by atoms with Gasteiger partial charge in [-0.25, -0.2) is 0 Å². The number of hydrogen-bond acceptors (Lipinski definition) is 4. The molecule has 0 saturated carbocycles. The molecular weight excluding hydrogens is 410 g/mol. The first-order valence-corrected chi connectivity index (χ1v) is 10.3. The van der Waals surface area contributed by atoms with Gasteiger partial charge in [-0.15, -0.1) is 11.3 Å². The summed E-state index contributed by atoms with van der Waals surface area (Å²) in [6.07, 6.45) is 0. The van der Waals surface area contributed by atoms with Crippen LogP contribution < -0.4 is 0 Å². The summed E-state index contributed by atoms with van der Waals surface area (Å²) in [5, 5.41) is 1.02. The van der Waals surface area contributed by atoms with Crippen molar-refractivity contribution in [2.75, 3.05) is 26.2 Å². The van der Waals surface area contributed by atoms with Crippen LogP contribution in [0, 0.1) is 6.92 Å². The number of nitrogens with zero attached hydrogens (tertiary/aromatic N) is 3. The monoisotopic (exact) mass is 429 g/mol. The van der Waals surface area contributed by atoms with Gasteiger partial charge in [-0.2, -0.15) is 0 Å². The number of fused-ring (bicyclic) bond motifs is 1. The number of carbonyl (C=O) groups excluding carboxylic acids is 1. The van der Waals surface area contributed by atoms with Crippen LogP contribution in [0.1, 0.15) is 20.9 Å². The van der Waals surface area contributed by atoms with Crippen molar-refractivity contribution >= 4 is 44.1 Å². The minimum Gasteiger partial charge on any atom is -0.336 e. The molecule has 3 heterocycles. The summed E-state index contributed by atoms with van der Waals surface area (Å²) in [4.78, 5) is 23.3. The summed E-state index contributed by atoms with van der Waals surface area (Å²) in [5.41, 5.74) is 2.47. The summed E-state index contributed by atoms with van der Waals surface area (Å²) in [5.74, 6) is 0.0965. The fourth-order valence-electron chi connectivity index (χ4n) is 3.37. The first-order chi connectivity index (χ1) is 12.6. The Morgan fingerprint density at radius 1 is 1.15 bits per heavy atom. The minimum atomic E-state index is 0.0965. The lowest BCUT2D eigenvalue weighted by molar-refractivity contribution is 0.0628. The van der Waals surface area contributed by atoms with Gasteiger partial charge in [0, 0.05) is 43.0 Å². The van der Waals surface area contributed by atoms with Crippen LogP contribution in [0.5, 0.6) is 0 Å². The number of pyridine rings is 1. The second kappa shape index (κ2) is 7.47. The van der Waals surface area contributed by atoms with Gasteiger partial charge in [-0.05, 0) is 47.1 Å². The van der Waals surface area contributed by atoms with E-state index in [0.717, 1.165) is 54.9 Å². The van der Waals surface area contributed by atoms with E-state index in [4.69, 9.17) is 0 Å². The second-order valence-corrected chi connectivity index (χ2v) is 9.14. The number of aryl methyl sites for hydroxylation is 1. The van der Waals surface area contributed by atoms with Crippen molar-refractivity contribution in [3.8, 4) is 0 Å². The zero-order valence-electron chi connectivity index (χ0n) is 14.6. The van der Waals surface area contributed by atoms with Gasteiger partial charge in [-0.1, -0.05) is 18.2 Å². The molecule has 0 radical (unpaired) electrons. The Balaban J connectivity index is 1.44. The van der Waals surface area contributed by atoms with Crippen molar-refractivity contribution in [1.29, 1.82) is 0 Å². The minimum absolute atomic E-state index is 0.0965. The molecule has 4 rings (SSSR count). The lowest BCUT2D eigenvalue weighted by Crippen LogP contribution is -2.48. The van der Waals surface area contributed by atoms with Crippen LogP contribution in [0.3, 0.4) is 0 Å². The summed E-state index contributed by atoms with van der Waals surface area (Å²) in [6.45, 7) is 6.21. The second-order valence-electron chi connectivity index (χ2n) is 6.59. The van der Waals surface area contributed by atoms with Gasteiger partial charge in [0.25, 0.3) is 5.91 Å². The summed E-state index contributed by atoms with van der Waals surface area (Å²) in [6, 6.07) is 14.2. The number of benzene rings is 1. The van der Waals surface area contributed by atoms with Gasteiger partial charge in [0.1, 0.15) is 0 Å². The molecule has 0 unspecified atom stereocenters. The number of amides is 1. The van der Waals surface area contributed by atoms with Crippen LogP contribution in [0.4, 0.5) is 0 Å². The molecule has 0 aliphatic carbocycles. The van der Waals surface area contributed by atoms with E-state index in [1.165, 1.54) is 8.66 Å². The van der Waals surface area contributed by atoms with Crippen molar-refractivity contribution in [2.24, 2.45) is 0 Å². The Morgan fingerprint density at radius 2 is 1.92 bits per heavy atom. The van der Waals surface area contributed by atoms with Crippen LogP contribution in [-0.4, -0.2) is 46.9 Å². The molecule has 2 aromatic heterocycles. The maximum atomic E-state index is 13.0. The van der Waals surface area contributed by atoms with Crippen LogP contribution in [-0.2, 0) is 6.54 Å². The van der Waals surface area contributed by atoms with E-state index in [2.05, 4.69) is 37.9 Å². The number of piperazine rings is 1. The number of aromatic nitrogens is 1. The highest BCUT2D eigenvalue weighted by atomic mass is 79.9. The van der Waals surface area contributed by atoms with Crippen LogP contribution in [0.15, 0.2) is 46.3 Å². The van der Waals surface area contributed by atoms with Crippen LogP contribution >= 0.6 is 27.3 Å². The van der Waals surface area contributed by atoms with Gasteiger partial charge < -0.3 is 4.90 Å². The lowest BCUT2D eigenvalue weighted by atomic mass is 10.1. The van der Waals surface area contributed by atoms with Gasteiger partial charge >= 0.3 is 0 Å². The third-order valence-electron chi connectivity index (χ3n) is 4.81. The molecule has 0 spiro atoms. The molecule has 0 atom stereocenters. The normalized spacial score (nSPS) is 15.5. The zero-order chi connectivity index (χ0) is 18.1. The molecular formula is C20H20BrN3OS. The van der Waals surface area contributed by atoms with Crippen molar-refractivity contribution in [1.82, 2.24) is 14.8 Å². The summed E-state index contributed by atoms with van der Waals surface area (Å²) < 4.78 is 1.17. The molecule has 0 N–H and O–H groups in total. The number of halogens is 1. The topological polar surface area (TPSA) is 36.4 Å². The average molecular weight is 430 g/mol. The molecule has 1 aromatic carbocycles. The van der Waals surface area contributed by atoms with E-state index < -0.39 is 0 Å². The Bertz CT molecular complexity index is 947. The largest absolute Gasteiger partial charge is 0.336 e. The van der Waals surface area contributed by atoms with Crippen molar-refractivity contribution in [2.45, 2.75) is 13.5 Å². The SMILES string of the molecule is Cc1nc2ccccc2cc1C(=O)N1CCN(Cc2ccc(Br)s2)CC1. The van der Waals surface area contributed by atoms with E-state index in [1.54, 1.807) is 11.3 Å². The molecule has 1 saturated heterocycles. The van der Waals surface area contributed by atoms with Gasteiger partial charge in [0.05, 0.1) is 20.6 Å². The van der Waals surface area contributed by atoms with Gasteiger partial charge in [-0.3, -0.25) is 14.7 Å². The van der Waals surface area contributed by atoms with Crippen LogP contribution in [0.25, 0.3) is 10.9 Å². The molecule has 134 valence electrons. The van der Waals surface area contributed by atoms with E-state index in [1.807, 2.05) is 42.2 Å². The third-order valence-corrected chi connectivity index (χ3v) is 6.42. The molecule has 1 fully saturated rings.